The fraction of sp³-hybridized carbons (Fsp3) is 0.647. The van der Waals surface area contributed by atoms with E-state index in [1.165, 1.54) is 32.0 Å². The summed E-state index contributed by atoms with van der Waals surface area (Å²) in [5.41, 5.74) is 2.00. The van der Waals surface area contributed by atoms with Gasteiger partial charge in [-0.3, -0.25) is 9.80 Å². The Kier molecular flexibility index (Phi) is 3.73. The summed E-state index contributed by atoms with van der Waals surface area (Å²) in [5, 5.41) is 4.42. The lowest BCUT2D eigenvalue weighted by molar-refractivity contribution is 0.0675. The van der Waals surface area contributed by atoms with Crippen molar-refractivity contribution in [3.05, 3.63) is 24.0 Å². The second-order valence-corrected chi connectivity index (χ2v) is 7.08. The molecule has 0 aromatic carbocycles. The number of nitrogens with zero attached hydrogens (tertiary/aromatic N) is 6. The van der Waals surface area contributed by atoms with Crippen molar-refractivity contribution in [2.75, 3.05) is 44.2 Å². The van der Waals surface area contributed by atoms with Crippen molar-refractivity contribution >= 4 is 11.5 Å². The molecule has 6 heteroatoms. The molecule has 4 heterocycles. The number of aromatic nitrogens is 3. The fourth-order valence-corrected chi connectivity index (χ4v) is 3.74. The molecular formula is C17H26N6. The maximum Gasteiger partial charge on any atom is 0.157 e. The number of anilines is 1. The van der Waals surface area contributed by atoms with Crippen molar-refractivity contribution in [3.63, 3.8) is 0 Å². The Bertz CT molecular complexity index is 679. The molecule has 2 fully saturated rings. The second-order valence-electron chi connectivity index (χ2n) is 7.08. The first kappa shape index (κ1) is 14.9. The molecule has 2 aliphatic heterocycles. The molecule has 0 amide bonds. The third-order valence-corrected chi connectivity index (χ3v) is 5.25. The molecule has 2 aliphatic rings. The van der Waals surface area contributed by atoms with E-state index in [-0.39, 0.29) is 0 Å². The van der Waals surface area contributed by atoms with Crippen molar-refractivity contribution in [2.45, 2.75) is 32.9 Å². The van der Waals surface area contributed by atoms with E-state index in [1.54, 1.807) is 0 Å². The van der Waals surface area contributed by atoms with Crippen molar-refractivity contribution in [1.29, 1.82) is 0 Å². The van der Waals surface area contributed by atoms with Crippen LogP contribution >= 0.6 is 0 Å². The number of hydrogen-bond donors (Lipinski definition) is 0. The van der Waals surface area contributed by atoms with Gasteiger partial charge in [0.05, 0.1) is 6.20 Å². The lowest BCUT2D eigenvalue weighted by Gasteiger charge is -2.49. The minimum absolute atomic E-state index is 0.669. The molecule has 4 rings (SSSR count). The Labute approximate surface area is 137 Å². The highest BCUT2D eigenvalue weighted by Gasteiger charge is 2.35. The van der Waals surface area contributed by atoms with Gasteiger partial charge in [-0.05, 0) is 20.8 Å². The van der Waals surface area contributed by atoms with E-state index in [1.807, 2.05) is 16.8 Å². The van der Waals surface area contributed by atoms with Crippen LogP contribution in [0.15, 0.2) is 18.3 Å². The van der Waals surface area contributed by atoms with Gasteiger partial charge in [0.1, 0.15) is 5.82 Å². The predicted molar refractivity (Wildman–Crippen MR) is 92.0 cm³/mol. The van der Waals surface area contributed by atoms with Gasteiger partial charge >= 0.3 is 0 Å². The zero-order valence-electron chi connectivity index (χ0n) is 14.3. The molecule has 23 heavy (non-hydrogen) atoms. The molecule has 2 aromatic heterocycles. The zero-order chi connectivity index (χ0) is 16.0. The van der Waals surface area contributed by atoms with Crippen LogP contribution in [0.1, 0.15) is 19.5 Å². The van der Waals surface area contributed by atoms with E-state index in [0.717, 1.165) is 24.4 Å². The molecule has 0 unspecified atom stereocenters. The highest BCUT2D eigenvalue weighted by Crippen LogP contribution is 2.25. The molecule has 0 spiro atoms. The number of hydrogen-bond acceptors (Lipinski definition) is 5. The zero-order valence-corrected chi connectivity index (χ0v) is 14.3. The van der Waals surface area contributed by atoms with E-state index < -0.39 is 0 Å². The van der Waals surface area contributed by atoms with E-state index >= 15 is 0 Å². The summed E-state index contributed by atoms with van der Waals surface area (Å²) in [4.78, 5) is 12.2. The first-order chi connectivity index (χ1) is 11.1. The summed E-state index contributed by atoms with van der Waals surface area (Å²) in [5.74, 6) is 1.18. The van der Waals surface area contributed by atoms with Gasteiger partial charge in [0.2, 0.25) is 0 Å². The van der Waals surface area contributed by atoms with E-state index in [2.05, 4.69) is 51.6 Å². The van der Waals surface area contributed by atoms with Crippen molar-refractivity contribution in [3.8, 4) is 0 Å². The molecule has 0 aliphatic carbocycles. The average Bonchev–Trinajstić information content (AvgIpc) is 2.94. The highest BCUT2D eigenvalue weighted by atomic mass is 15.4. The topological polar surface area (TPSA) is 39.9 Å². The van der Waals surface area contributed by atoms with Crippen LogP contribution in [0.25, 0.3) is 5.65 Å². The van der Waals surface area contributed by atoms with E-state index in [9.17, 15) is 0 Å². The van der Waals surface area contributed by atoms with Crippen molar-refractivity contribution in [2.24, 2.45) is 0 Å². The normalized spacial score (nSPS) is 21.3. The van der Waals surface area contributed by atoms with Crippen LogP contribution in [-0.4, -0.2) is 75.8 Å². The Balaban J connectivity index is 1.41. The van der Waals surface area contributed by atoms with Crippen LogP contribution in [0, 0.1) is 6.92 Å². The molecule has 0 radical (unpaired) electrons. The van der Waals surface area contributed by atoms with Gasteiger partial charge in [0, 0.05) is 69.2 Å². The van der Waals surface area contributed by atoms with Crippen LogP contribution in [0.4, 0.5) is 5.82 Å². The number of piperazine rings is 1. The lowest BCUT2D eigenvalue weighted by Crippen LogP contribution is -2.64. The lowest BCUT2D eigenvalue weighted by atomic mass is 10.1. The number of aryl methyl sites for hydroxylation is 1. The quantitative estimate of drug-likeness (QED) is 0.853. The monoisotopic (exact) mass is 314 g/mol. The molecule has 0 bridgehead atoms. The molecule has 6 nitrogen and oxygen atoms in total. The summed E-state index contributed by atoms with van der Waals surface area (Å²) in [6.07, 6.45) is 1.83. The number of fused-ring (bicyclic) bond motifs is 1. The van der Waals surface area contributed by atoms with Gasteiger partial charge in [-0.25, -0.2) is 4.98 Å². The summed E-state index contributed by atoms with van der Waals surface area (Å²) in [6, 6.07) is 5.47. The molecule has 0 saturated carbocycles. The smallest absolute Gasteiger partial charge is 0.157 e. The average molecular weight is 314 g/mol. The largest absolute Gasteiger partial charge is 0.353 e. The standard InChI is InChI=1S/C17H26N6/c1-13(2)20-6-8-21(9-7-20)15-11-22(12-15)17-10-14(3)19-16-4-5-18-23(16)17/h4-5,10,13,15H,6-9,11-12H2,1-3H3. The summed E-state index contributed by atoms with van der Waals surface area (Å²) in [7, 11) is 0. The Morgan fingerprint density at radius 2 is 1.87 bits per heavy atom. The Hall–Kier alpha value is -1.66. The van der Waals surface area contributed by atoms with Crippen LogP contribution in [0.3, 0.4) is 0 Å². The fourth-order valence-electron chi connectivity index (χ4n) is 3.74. The minimum atomic E-state index is 0.669. The molecule has 2 saturated heterocycles. The summed E-state index contributed by atoms with van der Waals surface area (Å²) < 4.78 is 1.96. The van der Waals surface area contributed by atoms with Gasteiger partial charge in [-0.15, -0.1) is 0 Å². The van der Waals surface area contributed by atoms with Gasteiger partial charge in [-0.2, -0.15) is 9.61 Å². The van der Waals surface area contributed by atoms with Crippen molar-refractivity contribution in [1.82, 2.24) is 24.4 Å². The molecule has 124 valence electrons. The molecule has 2 aromatic rings. The second kappa shape index (κ2) is 5.76. The van der Waals surface area contributed by atoms with Crippen LogP contribution in [0.2, 0.25) is 0 Å². The van der Waals surface area contributed by atoms with Crippen LogP contribution in [0.5, 0.6) is 0 Å². The summed E-state index contributed by atoms with van der Waals surface area (Å²) >= 11 is 0. The first-order valence-electron chi connectivity index (χ1n) is 8.66. The maximum atomic E-state index is 4.53. The molecular weight excluding hydrogens is 288 g/mol. The maximum absolute atomic E-state index is 4.53. The molecule has 0 atom stereocenters. The minimum Gasteiger partial charge on any atom is -0.353 e. The predicted octanol–water partition coefficient (Wildman–Crippen LogP) is 1.25. The van der Waals surface area contributed by atoms with E-state index in [0.29, 0.717) is 12.1 Å². The Morgan fingerprint density at radius 1 is 1.13 bits per heavy atom. The van der Waals surface area contributed by atoms with Crippen LogP contribution < -0.4 is 4.90 Å². The SMILES string of the molecule is Cc1cc(N2CC(N3CCN(C(C)C)CC3)C2)n2nccc2n1. The third kappa shape index (κ3) is 2.70. The highest BCUT2D eigenvalue weighted by molar-refractivity contribution is 5.52. The third-order valence-electron chi connectivity index (χ3n) is 5.25. The molecule has 0 N–H and O–H groups in total. The van der Waals surface area contributed by atoms with Crippen molar-refractivity contribution < 1.29 is 0 Å². The van der Waals surface area contributed by atoms with Gasteiger partial charge in [0.25, 0.3) is 0 Å². The van der Waals surface area contributed by atoms with Gasteiger partial charge < -0.3 is 4.90 Å². The Morgan fingerprint density at radius 3 is 2.57 bits per heavy atom. The van der Waals surface area contributed by atoms with Crippen LogP contribution in [-0.2, 0) is 0 Å². The summed E-state index contributed by atoms with van der Waals surface area (Å²) in [6.45, 7) is 13.6. The number of rotatable bonds is 3. The van der Waals surface area contributed by atoms with E-state index in [4.69, 9.17) is 0 Å². The first-order valence-corrected chi connectivity index (χ1v) is 8.66. The van der Waals surface area contributed by atoms with Gasteiger partial charge in [-0.1, -0.05) is 0 Å². The van der Waals surface area contributed by atoms with Gasteiger partial charge in [0.15, 0.2) is 5.65 Å².